The number of carbonyl (C=O) groups is 4. The summed E-state index contributed by atoms with van der Waals surface area (Å²) in [6, 6.07) is 28.1. The molecule has 6 rings (SSSR count). The van der Waals surface area contributed by atoms with Gasteiger partial charge in [-0.2, -0.15) is 0 Å². The number of amides is 2. The summed E-state index contributed by atoms with van der Waals surface area (Å²) < 4.78 is 4.74. The largest absolute Gasteiger partial charge is 0.480 e. The predicted octanol–water partition coefficient (Wildman–Crippen LogP) is 5.06. The molecule has 2 fully saturated rings. The molecule has 2 aliphatic rings. The molecule has 0 aliphatic carbocycles. The van der Waals surface area contributed by atoms with Crippen LogP contribution >= 0.6 is 0 Å². The van der Waals surface area contributed by atoms with Crippen LogP contribution in [0.2, 0.25) is 0 Å². The summed E-state index contributed by atoms with van der Waals surface area (Å²) in [7, 11) is 1.27. The van der Waals surface area contributed by atoms with Crippen LogP contribution in [-0.2, 0) is 32.1 Å². The Morgan fingerprint density at radius 2 is 1.48 bits per heavy atom. The van der Waals surface area contributed by atoms with Crippen molar-refractivity contribution in [1.29, 1.82) is 0 Å². The van der Waals surface area contributed by atoms with Crippen molar-refractivity contribution < 1.29 is 33.9 Å². The van der Waals surface area contributed by atoms with Crippen LogP contribution in [-0.4, -0.2) is 51.3 Å². The minimum atomic E-state index is -1.90. The van der Waals surface area contributed by atoms with Gasteiger partial charge in [-0.05, 0) is 39.9 Å². The number of carbonyl (C=O) groups excluding carboxylic acids is 3. The van der Waals surface area contributed by atoms with Crippen molar-refractivity contribution in [2.75, 3.05) is 7.11 Å². The van der Waals surface area contributed by atoms with E-state index in [2.05, 4.69) is 5.32 Å². The lowest BCUT2D eigenvalue weighted by molar-refractivity contribution is -0.384. The Bertz CT molecular complexity index is 1910. The molecule has 2 amide bonds. The molecule has 2 aliphatic heterocycles. The highest BCUT2D eigenvalue weighted by Gasteiger charge is 2.68. The van der Waals surface area contributed by atoms with E-state index in [1.807, 2.05) is 66.7 Å². The Morgan fingerprint density at radius 1 is 0.875 bits per heavy atom. The van der Waals surface area contributed by atoms with Crippen molar-refractivity contribution >= 4 is 41.6 Å². The first kappa shape index (κ1) is 32.0. The SMILES string of the molecule is COC(=O)c1ccc(CN2C(=O)C3C(c4ccc(/C=C/c5ccccc5)cc4)NC(Cc4ccc([N+](=O)[O-])cc4)(C(=O)O)C3C2=O)cc1. The lowest BCUT2D eigenvalue weighted by Crippen LogP contribution is -2.57. The van der Waals surface area contributed by atoms with Gasteiger partial charge in [0, 0.05) is 24.6 Å². The van der Waals surface area contributed by atoms with Gasteiger partial charge in [0.15, 0.2) is 0 Å². The molecular formula is C37H31N3O8. The number of nitrogens with zero attached hydrogens (tertiary/aromatic N) is 2. The fourth-order valence-corrected chi connectivity index (χ4v) is 6.62. The molecule has 0 saturated carbocycles. The molecule has 2 heterocycles. The zero-order valence-corrected chi connectivity index (χ0v) is 25.8. The topological polar surface area (TPSA) is 156 Å². The summed E-state index contributed by atoms with van der Waals surface area (Å²) in [6.45, 7) is -0.116. The summed E-state index contributed by atoms with van der Waals surface area (Å²) in [6.07, 6.45) is 3.71. The van der Waals surface area contributed by atoms with E-state index < -0.39 is 52.1 Å². The zero-order valence-electron chi connectivity index (χ0n) is 25.8. The third-order valence-electron chi connectivity index (χ3n) is 9.04. The quantitative estimate of drug-likeness (QED) is 0.0791. The predicted molar refractivity (Wildman–Crippen MR) is 175 cm³/mol. The van der Waals surface area contributed by atoms with Gasteiger partial charge >= 0.3 is 11.9 Å². The molecule has 242 valence electrons. The summed E-state index contributed by atoms with van der Waals surface area (Å²) in [4.78, 5) is 65.2. The average Bonchev–Trinajstić information content (AvgIpc) is 3.57. The van der Waals surface area contributed by atoms with Crippen molar-refractivity contribution in [1.82, 2.24) is 10.2 Å². The van der Waals surface area contributed by atoms with Crippen molar-refractivity contribution in [2.45, 2.75) is 24.5 Å². The van der Waals surface area contributed by atoms with Crippen molar-refractivity contribution in [3.63, 3.8) is 0 Å². The number of nitro benzene ring substituents is 1. The van der Waals surface area contributed by atoms with Crippen molar-refractivity contribution in [3.05, 3.63) is 147 Å². The van der Waals surface area contributed by atoms with Crippen LogP contribution in [0.1, 0.15) is 44.2 Å². The van der Waals surface area contributed by atoms with Gasteiger partial charge in [0.25, 0.3) is 5.69 Å². The standard InChI is InChI=1S/C37H31N3O8/c1-48-35(43)28-17-11-26(12-18-28)22-39-33(41)30-31(34(39)42)37(36(44)45,21-25-13-19-29(20-14-25)40(46)47)38-32(30)27-15-9-24(10-16-27)8-7-23-5-3-2-4-6-23/h2-20,30-32,38H,21-22H2,1H3,(H,44,45)/b8-7+. The van der Waals surface area contributed by atoms with Crippen molar-refractivity contribution in [3.8, 4) is 0 Å². The van der Waals surface area contributed by atoms with E-state index in [1.54, 1.807) is 12.1 Å². The van der Waals surface area contributed by atoms with E-state index in [1.165, 1.54) is 43.5 Å². The smallest absolute Gasteiger partial charge is 0.337 e. The Kier molecular flexibility index (Phi) is 8.70. The van der Waals surface area contributed by atoms with E-state index in [4.69, 9.17) is 4.74 Å². The molecule has 48 heavy (non-hydrogen) atoms. The van der Waals surface area contributed by atoms with E-state index in [9.17, 15) is 34.4 Å². The van der Waals surface area contributed by atoms with Crippen LogP contribution in [0.15, 0.2) is 103 Å². The molecule has 0 bridgehead atoms. The number of carboxylic acid groups (broad SMARTS) is 1. The van der Waals surface area contributed by atoms with Gasteiger partial charge in [0.2, 0.25) is 11.8 Å². The molecule has 0 radical (unpaired) electrons. The van der Waals surface area contributed by atoms with Gasteiger partial charge in [-0.1, -0.05) is 91.0 Å². The normalized spacial score (nSPS) is 21.8. The summed E-state index contributed by atoms with van der Waals surface area (Å²) >= 11 is 0. The number of methoxy groups -OCH3 is 1. The highest BCUT2D eigenvalue weighted by molar-refractivity contribution is 6.09. The molecular weight excluding hydrogens is 614 g/mol. The Balaban J connectivity index is 1.35. The highest BCUT2D eigenvalue weighted by Crippen LogP contribution is 2.50. The van der Waals surface area contributed by atoms with Gasteiger partial charge in [-0.25, -0.2) is 4.79 Å². The number of fused-ring (bicyclic) bond motifs is 1. The highest BCUT2D eigenvalue weighted by atomic mass is 16.6. The first-order valence-corrected chi connectivity index (χ1v) is 15.2. The minimum Gasteiger partial charge on any atom is -0.480 e. The molecule has 4 aromatic rings. The van der Waals surface area contributed by atoms with Crippen LogP contribution in [0.5, 0.6) is 0 Å². The second-order valence-electron chi connectivity index (χ2n) is 11.9. The second-order valence-corrected chi connectivity index (χ2v) is 11.9. The average molecular weight is 646 g/mol. The molecule has 11 nitrogen and oxygen atoms in total. The molecule has 2 N–H and O–H groups in total. The molecule has 2 saturated heterocycles. The molecule has 4 aromatic carbocycles. The summed E-state index contributed by atoms with van der Waals surface area (Å²) in [5.74, 6) is -5.30. The number of rotatable bonds is 10. The summed E-state index contributed by atoms with van der Waals surface area (Å²) in [5.41, 5.74) is 1.82. The Morgan fingerprint density at radius 3 is 2.06 bits per heavy atom. The number of nitrogens with one attached hydrogen (secondary N) is 1. The number of nitro groups is 1. The molecule has 4 atom stereocenters. The van der Waals surface area contributed by atoms with Crippen LogP contribution in [0.25, 0.3) is 12.2 Å². The third kappa shape index (κ3) is 5.98. The third-order valence-corrected chi connectivity index (χ3v) is 9.04. The van der Waals surface area contributed by atoms with Gasteiger partial charge in [-0.15, -0.1) is 0 Å². The Hall–Kier alpha value is -5.94. The van der Waals surface area contributed by atoms with Crippen LogP contribution in [0.4, 0.5) is 5.69 Å². The first-order valence-electron chi connectivity index (χ1n) is 15.2. The number of imide groups is 1. The number of hydrogen-bond donors (Lipinski definition) is 2. The minimum absolute atomic E-state index is 0.116. The number of carboxylic acids is 1. The molecule has 11 heteroatoms. The second kappa shape index (κ2) is 13.0. The lowest BCUT2D eigenvalue weighted by Gasteiger charge is -2.31. The zero-order chi connectivity index (χ0) is 34.0. The van der Waals surface area contributed by atoms with Gasteiger partial charge in [0.05, 0.1) is 36.0 Å². The Labute approximate surface area is 275 Å². The van der Waals surface area contributed by atoms with E-state index in [-0.39, 0.29) is 18.7 Å². The molecule has 0 spiro atoms. The van der Waals surface area contributed by atoms with Gasteiger partial charge in [-0.3, -0.25) is 34.7 Å². The molecule has 0 aromatic heterocycles. The molecule has 4 unspecified atom stereocenters. The van der Waals surface area contributed by atoms with Gasteiger partial charge < -0.3 is 9.84 Å². The van der Waals surface area contributed by atoms with E-state index >= 15 is 0 Å². The number of likely N-dealkylation sites (tertiary alicyclic amines) is 1. The number of esters is 1. The number of hydrogen-bond acceptors (Lipinski definition) is 8. The number of non-ortho nitro benzene ring substituents is 1. The number of ether oxygens (including phenoxy) is 1. The van der Waals surface area contributed by atoms with Crippen molar-refractivity contribution in [2.24, 2.45) is 11.8 Å². The van der Waals surface area contributed by atoms with Crippen LogP contribution in [0, 0.1) is 22.0 Å². The van der Waals surface area contributed by atoms with Gasteiger partial charge in [0.1, 0.15) is 5.54 Å². The maximum atomic E-state index is 14.2. The lowest BCUT2D eigenvalue weighted by atomic mass is 9.76. The fraction of sp³-hybridized carbons (Fsp3) is 0.189. The number of aliphatic carboxylic acids is 1. The monoisotopic (exact) mass is 645 g/mol. The van der Waals surface area contributed by atoms with E-state index in [0.717, 1.165) is 16.0 Å². The first-order chi connectivity index (χ1) is 23.1. The summed E-state index contributed by atoms with van der Waals surface area (Å²) in [5, 5.41) is 25.2. The number of benzene rings is 4. The maximum absolute atomic E-state index is 14.2. The fourth-order valence-electron chi connectivity index (χ4n) is 6.62. The van der Waals surface area contributed by atoms with E-state index in [0.29, 0.717) is 22.3 Å². The maximum Gasteiger partial charge on any atom is 0.337 e. The van der Waals surface area contributed by atoms with Crippen LogP contribution < -0.4 is 5.32 Å². The van der Waals surface area contributed by atoms with Crippen LogP contribution in [0.3, 0.4) is 0 Å².